The van der Waals surface area contributed by atoms with Crippen LogP contribution in [-0.2, 0) is 32.6 Å². The van der Waals surface area contributed by atoms with E-state index in [-0.39, 0.29) is 18.5 Å². The third-order valence-corrected chi connectivity index (χ3v) is 8.42. The zero-order valence-electron chi connectivity index (χ0n) is 23.7. The van der Waals surface area contributed by atoms with Crippen LogP contribution < -0.4 is 14.4 Å². The molecule has 4 rings (SSSR count). The molecule has 41 heavy (non-hydrogen) atoms. The summed E-state index contributed by atoms with van der Waals surface area (Å²) in [7, 11) is -3.82. The first kappa shape index (κ1) is 30.1. The maximum absolute atomic E-state index is 14.1. The molecule has 0 spiro atoms. The van der Waals surface area contributed by atoms with Crippen molar-refractivity contribution in [3.05, 3.63) is 96.1 Å². The van der Waals surface area contributed by atoms with Crippen LogP contribution in [0.15, 0.2) is 84.9 Å². The monoisotopic (exact) mass is 577 g/mol. The Morgan fingerprint density at radius 2 is 1.49 bits per heavy atom. The molecular formula is C32H39N3O5S. The molecule has 3 aromatic carbocycles. The van der Waals surface area contributed by atoms with Crippen LogP contribution in [0.1, 0.15) is 43.7 Å². The van der Waals surface area contributed by atoms with Gasteiger partial charge in [-0.05, 0) is 55.2 Å². The van der Waals surface area contributed by atoms with Crippen LogP contribution >= 0.6 is 0 Å². The lowest BCUT2D eigenvalue weighted by atomic mass is 10.0. The van der Waals surface area contributed by atoms with Crippen molar-refractivity contribution in [3.8, 4) is 5.75 Å². The number of amides is 2. The standard InChI is InChI=1S/C32H39N3O5S/c1-3-40-29-20-18-28(19-21-29)35(41(2,38)39)24-31(36)34(23-26-14-8-5-9-15-26)30(22-25-12-6-4-7-13-25)32(37)33-27-16-10-11-17-27/h4-9,12-15,18-21,27,30H,3,10-11,16-17,22-24H2,1-2H3,(H,33,37)/t30-/m0/s1. The van der Waals surface area contributed by atoms with E-state index >= 15 is 0 Å². The molecule has 2 amide bonds. The van der Waals surface area contributed by atoms with Gasteiger partial charge in [-0.15, -0.1) is 0 Å². The summed E-state index contributed by atoms with van der Waals surface area (Å²) in [6.45, 7) is 2.07. The molecule has 0 saturated heterocycles. The molecule has 1 fully saturated rings. The number of ether oxygens (including phenoxy) is 1. The van der Waals surface area contributed by atoms with E-state index < -0.39 is 28.5 Å². The van der Waals surface area contributed by atoms with Crippen molar-refractivity contribution >= 4 is 27.5 Å². The fourth-order valence-electron chi connectivity index (χ4n) is 5.19. The quantitative estimate of drug-likeness (QED) is 0.322. The van der Waals surface area contributed by atoms with Gasteiger partial charge in [-0.3, -0.25) is 13.9 Å². The van der Waals surface area contributed by atoms with Gasteiger partial charge in [0.25, 0.3) is 0 Å². The van der Waals surface area contributed by atoms with Gasteiger partial charge in [-0.25, -0.2) is 8.42 Å². The molecule has 0 unspecified atom stereocenters. The third kappa shape index (κ3) is 8.57. The van der Waals surface area contributed by atoms with Gasteiger partial charge < -0.3 is 15.0 Å². The zero-order valence-corrected chi connectivity index (χ0v) is 24.6. The summed E-state index contributed by atoms with van der Waals surface area (Å²) in [5, 5.41) is 3.18. The molecule has 1 atom stereocenters. The molecule has 9 heteroatoms. The topological polar surface area (TPSA) is 96.0 Å². The molecule has 3 aromatic rings. The van der Waals surface area contributed by atoms with Gasteiger partial charge in [-0.2, -0.15) is 0 Å². The predicted molar refractivity (Wildman–Crippen MR) is 161 cm³/mol. The lowest BCUT2D eigenvalue weighted by molar-refractivity contribution is -0.140. The lowest BCUT2D eigenvalue weighted by Gasteiger charge is -2.34. The molecule has 218 valence electrons. The van der Waals surface area contributed by atoms with Crippen LogP contribution in [0.4, 0.5) is 5.69 Å². The minimum absolute atomic E-state index is 0.0748. The predicted octanol–water partition coefficient (Wildman–Crippen LogP) is 4.55. The highest BCUT2D eigenvalue weighted by Crippen LogP contribution is 2.24. The highest BCUT2D eigenvalue weighted by molar-refractivity contribution is 7.92. The van der Waals surface area contributed by atoms with Crippen LogP contribution in [-0.4, -0.2) is 56.6 Å². The van der Waals surface area contributed by atoms with Crippen LogP contribution in [0.5, 0.6) is 5.75 Å². The van der Waals surface area contributed by atoms with Crippen molar-refractivity contribution in [1.82, 2.24) is 10.2 Å². The number of carbonyl (C=O) groups is 2. The first-order valence-corrected chi connectivity index (χ1v) is 16.0. The van der Waals surface area contributed by atoms with Crippen molar-refractivity contribution in [2.75, 3.05) is 23.7 Å². The summed E-state index contributed by atoms with van der Waals surface area (Å²) in [4.78, 5) is 29.5. The SMILES string of the molecule is CCOc1ccc(N(CC(=O)N(Cc2ccccc2)[C@@H](Cc2ccccc2)C(=O)NC2CCCC2)S(C)(=O)=O)cc1. The fourth-order valence-corrected chi connectivity index (χ4v) is 6.04. The number of anilines is 1. The summed E-state index contributed by atoms with van der Waals surface area (Å²) in [6, 6.07) is 24.9. The second-order valence-electron chi connectivity index (χ2n) is 10.4. The van der Waals surface area contributed by atoms with Crippen molar-refractivity contribution < 1.29 is 22.7 Å². The Bertz CT molecular complexity index is 1380. The van der Waals surface area contributed by atoms with Gasteiger partial charge in [0.05, 0.1) is 18.6 Å². The number of carbonyl (C=O) groups excluding carboxylic acids is 2. The average Bonchev–Trinajstić information content (AvgIpc) is 3.48. The number of rotatable bonds is 13. The summed E-state index contributed by atoms with van der Waals surface area (Å²) < 4.78 is 32.4. The number of nitrogens with zero attached hydrogens (tertiary/aromatic N) is 2. The molecule has 1 aliphatic rings. The summed E-state index contributed by atoms with van der Waals surface area (Å²) >= 11 is 0. The molecule has 8 nitrogen and oxygen atoms in total. The van der Waals surface area contributed by atoms with E-state index in [1.165, 1.54) is 4.90 Å². The van der Waals surface area contributed by atoms with Gasteiger partial charge in [0, 0.05) is 19.0 Å². The van der Waals surface area contributed by atoms with Gasteiger partial charge >= 0.3 is 0 Å². The third-order valence-electron chi connectivity index (χ3n) is 7.28. The molecular weight excluding hydrogens is 538 g/mol. The van der Waals surface area contributed by atoms with Crippen LogP contribution in [0.3, 0.4) is 0 Å². The molecule has 0 radical (unpaired) electrons. The van der Waals surface area contributed by atoms with E-state index in [2.05, 4.69) is 5.32 Å². The summed E-state index contributed by atoms with van der Waals surface area (Å²) in [5.74, 6) is -0.0825. The van der Waals surface area contributed by atoms with E-state index in [0.717, 1.165) is 47.4 Å². The minimum Gasteiger partial charge on any atom is -0.494 e. The molecule has 1 saturated carbocycles. The van der Waals surface area contributed by atoms with Crippen LogP contribution in [0, 0.1) is 0 Å². The Hall–Kier alpha value is -3.85. The molecule has 0 bridgehead atoms. The van der Waals surface area contributed by atoms with Gasteiger partial charge in [0.2, 0.25) is 21.8 Å². The normalized spacial score (nSPS) is 14.3. The molecule has 0 aromatic heterocycles. The smallest absolute Gasteiger partial charge is 0.244 e. The molecule has 1 aliphatic carbocycles. The Morgan fingerprint density at radius 3 is 2.05 bits per heavy atom. The number of nitrogens with one attached hydrogen (secondary N) is 1. The second kappa shape index (κ2) is 14.2. The van der Waals surface area contributed by atoms with E-state index in [9.17, 15) is 18.0 Å². The zero-order chi connectivity index (χ0) is 29.2. The van der Waals surface area contributed by atoms with Gasteiger partial charge in [0.15, 0.2) is 0 Å². The Balaban J connectivity index is 1.68. The van der Waals surface area contributed by atoms with Crippen LogP contribution in [0.25, 0.3) is 0 Å². The number of hydrogen-bond donors (Lipinski definition) is 1. The van der Waals surface area contributed by atoms with Crippen molar-refractivity contribution in [2.24, 2.45) is 0 Å². The Labute approximate surface area is 243 Å². The van der Waals surface area contributed by atoms with E-state index in [1.807, 2.05) is 67.6 Å². The molecule has 0 heterocycles. The summed E-state index contributed by atoms with van der Waals surface area (Å²) in [6.07, 6.45) is 5.33. The highest BCUT2D eigenvalue weighted by Gasteiger charge is 2.34. The average molecular weight is 578 g/mol. The molecule has 0 aliphatic heterocycles. The lowest BCUT2D eigenvalue weighted by Crippen LogP contribution is -2.54. The number of hydrogen-bond acceptors (Lipinski definition) is 5. The minimum atomic E-state index is -3.82. The second-order valence-corrected chi connectivity index (χ2v) is 12.3. The maximum atomic E-state index is 14.1. The Kier molecular flexibility index (Phi) is 10.4. The van der Waals surface area contributed by atoms with E-state index in [0.29, 0.717) is 24.5 Å². The van der Waals surface area contributed by atoms with E-state index in [1.54, 1.807) is 24.3 Å². The highest BCUT2D eigenvalue weighted by atomic mass is 32.2. The largest absolute Gasteiger partial charge is 0.494 e. The number of sulfonamides is 1. The van der Waals surface area contributed by atoms with E-state index in [4.69, 9.17) is 4.74 Å². The van der Waals surface area contributed by atoms with Crippen molar-refractivity contribution in [3.63, 3.8) is 0 Å². The maximum Gasteiger partial charge on any atom is 0.244 e. The van der Waals surface area contributed by atoms with Crippen molar-refractivity contribution in [1.29, 1.82) is 0 Å². The fraction of sp³-hybridized carbons (Fsp3) is 0.375. The summed E-state index contributed by atoms with van der Waals surface area (Å²) in [5.41, 5.74) is 2.11. The molecule has 1 N–H and O–H groups in total. The first-order valence-electron chi connectivity index (χ1n) is 14.1. The van der Waals surface area contributed by atoms with Gasteiger partial charge in [0.1, 0.15) is 18.3 Å². The number of benzene rings is 3. The van der Waals surface area contributed by atoms with Crippen molar-refractivity contribution in [2.45, 2.75) is 57.7 Å². The first-order chi connectivity index (χ1) is 19.7. The van der Waals surface area contributed by atoms with Crippen LogP contribution in [0.2, 0.25) is 0 Å². The van der Waals surface area contributed by atoms with Gasteiger partial charge in [-0.1, -0.05) is 73.5 Å². The Morgan fingerprint density at radius 1 is 0.902 bits per heavy atom.